The Bertz CT molecular complexity index is 1850. The standard InChI is InChI=1S/2C19H20N2O2/c2*22-16-11-19-7-10-23-15(19)6-9-20-8-5-13-12-3-1-2-4-14(12)21(16)17(13)18(19)20/h2*1-4,15,18H,5-11H2/t2*15-,18+,19+/m00/s1. The van der Waals surface area contributed by atoms with Gasteiger partial charge in [0.1, 0.15) is 0 Å². The van der Waals surface area contributed by atoms with Crippen molar-refractivity contribution in [1.82, 2.24) is 18.9 Å². The van der Waals surface area contributed by atoms with Gasteiger partial charge in [0.15, 0.2) is 0 Å². The molecule has 0 bridgehead atoms. The molecule has 4 fully saturated rings. The molecule has 6 atom stereocenters. The third-order valence-electron chi connectivity index (χ3n) is 13.5. The van der Waals surface area contributed by atoms with E-state index in [0.717, 1.165) is 89.0 Å². The molecule has 0 saturated carbocycles. The number of benzene rings is 2. The summed E-state index contributed by atoms with van der Waals surface area (Å²) in [5.74, 6) is 0.552. The molecule has 46 heavy (non-hydrogen) atoms. The zero-order chi connectivity index (χ0) is 30.4. The molecule has 0 aliphatic carbocycles. The lowest BCUT2D eigenvalue weighted by atomic mass is 9.64. The predicted molar refractivity (Wildman–Crippen MR) is 173 cm³/mol. The highest BCUT2D eigenvalue weighted by molar-refractivity contribution is 5.99. The molecule has 2 aromatic carbocycles. The number of para-hydroxylation sites is 2. The highest BCUT2D eigenvalue weighted by Gasteiger charge is 2.62. The van der Waals surface area contributed by atoms with Crippen LogP contribution in [0.1, 0.15) is 82.7 Å². The molecule has 0 unspecified atom stereocenters. The van der Waals surface area contributed by atoms with E-state index in [1.165, 1.54) is 33.3 Å². The molecule has 8 aliphatic rings. The number of carbonyl (C=O) groups excluding carboxylic acids is 2. The molecule has 0 N–H and O–H groups in total. The largest absolute Gasteiger partial charge is 0.377 e. The maximum atomic E-state index is 13.1. The average Bonchev–Trinajstić information content (AvgIpc) is 3.84. The molecule has 0 radical (unpaired) electrons. The Morgan fingerprint density at radius 1 is 0.609 bits per heavy atom. The molecule has 4 saturated heterocycles. The second kappa shape index (κ2) is 9.19. The fraction of sp³-hybridized carbons (Fsp3) is 0.526. The maximum Gasteiger partial charge on any atom is 0.232 e. The first-order valence-electron chi connectivity index (χ1n) is 17.6. The van der Waals surface area contributed by atoms with Gasteiger partial charge in [-0.2, -0.15) is 0 Å². The first-order valence-corrected chi connectivity index (χ1v) is 17.6. The lowest BCUT2D eigenvalue weighted by Gasteiger charge is -2.54. The zero-order valence-electron chi connectivity index (χ0n) is 26.2. The van der Waals surface area contributed by atoms with E-state index in [0.29, 0.717) is 24.9 Å². The summed E-state index contributed by atoms with van der Waals surface area (Å²) >= 11 is 0. The molecule has 10 heterocycles. The number of hydrogen-bond donors (Lipinski definition) is 0. The van der Waals surface area contributed by atoms with Gasteiger partial charge in [0, 0.05) is 85.2 Å². The van der Waals surface area contributed by atoms with E-state index in [2.05, 4.69) is 58.3 Å². The summed E-state index contributed by atoms with van der Waals surface area (Å²) in [6.45, 7) is 6.08. The smallest absolute Gasteiger partial charge is 0.232 e. The van der Waals surface area contributed by atoms with Gasteiger partial charge in [0.2, 0.25) is 11.8 Å². The van der Waals surface area contributed by atoms with Crippen molar-refractivity contribution in [3.8, 4) is 0 Å². The zero-order valence-corrected chi connectivity index (χ0v) is 26.2. The van der Waals surface area contributed by atoms with E-state index < -0.39 is 0 Å². The Morgan fingerprint density at radius 3 is 1.54 bits per heavy atom. The number of rotatable bonds is 0. The number of nitrogens with zero attached hydrogens (tertiary/aromatic N) is 4. The van der Waals surface area contributed by atoms with Crippen LogP contribution in [0.3, 0.4) is 0 Å². The predicted octanol–water partition coefficient (Wildman–Crippen LogP) is 5.53. The molecule has 236 valence electrons. The van der Waals surface area contributed by atoms with Crippen LogP contribution in [0, 0.1) is 10.8 Å². The first-order chi connectivity index (χ1) is 22.6. The quantitative estimate of drug-likeness (QED) is 0.259. The average molecular weight is 617 g/mol. The van der Waals surface area contributed by atoms with Gasteiger partial charge in [-0.25, -0.2) is 0 Å². The lowest BCUT2D eigenvalue weighted by molar-refractivity contribution is -0.0740. The second-order valence-electron chi connectivity index (χ2n) is 15.2. The molecule has 2 aromatic heterocycles. The van der Waals surface area contributed by atoms with Crippen LogP contribution in [-0.4, -0.2) is 82.3 Å². The Hall–Kier alpha value is -3.30. The van der Waals surface area contributed by atoms with Crippen molar-refractivity contribution in [2.75, 3.05) is 39.4 Å². The summed E-state index contributed by atoms with van der Waals surface area (Å²) in [6, 6.07) is 17.6. The SMILES string of the molecule is O=C1C[C@]23CCO[C@H]2CCN2CCc4c(n1c1ccccc41)[C@@H]23.O=C1C[C@]23CCO[C@H]2CCN2CCc4c(n1c1ccccc41)[C@@H]23. The van der Waals surface area contributed by atoms with E-state index in [1.807, 2.05) is 9.13 Å². The van der Waals surface area contributed by atoms with Crippen LogP contribution in [0.5, 0.6) is 0 Å². The molecule has 8 heteroatoms. The monoisotopic (exact) mass is 616 g/mol. The molecule has 8 aliphatic heterocycles. The van der Waals surface area contributed by atoms with Gasteiger partial charge in [-0.1, -0.05) is 36.4 Å². The van der Waals surface area contributed by atoms with Gasteiger partial charge in [0.25, 0.3) is 0 Å². The fourth-order valence-corrected chi connectivity index (χ4v) is 11.8. The molecule has 4 aromatic rings. The Balaban J connectivity index is 0.000000114. The van der Waals surface area contributed by atoms with Gasteiger partial charge in [0.05, 0.1) is 35.3 Å². The third kappa shape index (κ3) is 3.15. The molecule has 0 amide bonds. The topological polar surface area (TPSA) is 68.9 Å². The number of aromatic nitrogens is 2. The van der Waals surface area contributed by atoms with Crippen molar-refractivity contribution in [1.29, 1.82) is 0 Å². The summed E-state index contributed by atoms with van der Waals surface area (Å²) in [5.41, 5.74) is 7.70. The summed E-state index contributed by atoms with van der Waals surface area (Å²) in [6.07, 6.45) is 8.18. The van der Waals surface area contributed by atoms with E-state index >= 15 is 0 Å². The molecular weight excluding hydrogens is 576 g/mol. The molecule has 2 spiro atoms. The van der Waals surface area contributed by atoms with Crippen molar-refractivity contribution in [3.63, 3.8) is 0 Å². The summed E-state index contributed by atoms with van der Waals surface area (Å²) in [5, 5.41) is 2.57. The van der Waals surface area contributed by atoms with Crippen LogP contribution in [-0.2, 0) is 22.3 Å². The van der Waals surface area contributed by atoms with E-state index in [4.69, 9.17) is 9.47 Å². The van der Waals surface area contributed by atoms with Crippen LogP contribution in [0.2, 0.25) is 0 Å². The van der Waals surface area contributed by atoms with Gasteiger partial charge < -0.3 is 9.47 Å². The third-order valence-corrected chi connectivity index (χ3v) is 13.5. The minimum atomic E-state index is 0.0227. The van der Waals surface area contributed by atoms with Gasteiger partial charge >= 0.3 is 0 Å². The number of carbonyl (C=O) groups is 2. The summed E-state index contributed by atoms with van der Waals surface area (Å²) < 4.78 is 16.3. The fourth-order valence-electron chi connectivity index (χ4n) is 11.8. The van der Waals surface area contributed by atoms with Crippen molar-refractivity contribution in [3.05, 3.63) is 71.0 Å². The van der Waals surface area contributed by atoms with Crippen molar-refractivity contribution in [2.24, 2.45) is 10.8 Å². The van der Waals surface area contributed by atoms with Crippen LogP contribution in [0.25, 0.3) is 21.8 Å². The number of fused-ring (bicyclic) bond motifs is 6. The van der Waals surface area contributed by atoms with Crippen LogP contribution in [0.15, 0.2) is 48.5 Å². The number of hydrogen-bond acceptors (Lipinski definition) is 6. The summed E-state index contributed by atoms with van der Waals surface area (Å²) in [7, 11) is 0. The highest BCUT2D eigenvalue weighted by atomic mass is 16.5. The van der Waals surface area contributed by atoms with Crippen LogP contribution < -0.4 is 0 Å². The van der Waals surface area contributed by atoms with Crippen molar-refractivity contribution < 1.29 is 19.1 Å². The maximum absolute atomic E-state index is 13.1. The molecular formula is C38H40N4O4. The van der Waals surface area contributed by atoms with E-state index in [9.17, 15) is 9.59 Å². The molecule has 8 nitrogen and oxygen atoms in total. The van der Waals surface area contributed by atoms with Gasteiger partial charge in [-0.05, 0) is 61.8 Å². The molecule has 12 rings (SSSR count). The van der Waals surface area contributed by atoms with Crippen molar-refractivity contribution >= 4 is 33.6 Å². The van der Waals surface area contributed by atoms with E-state index in [-0.39, 0.29) is 34.9 Å². The Morgan fingerprint density at radius 2 is 1.07 bits per heavy atom. The summed E-state index contributed by atoms with van der Waals surface area (Å²) in [4.78, 5) is 31.5. The van der Waals surface area contributed by atoms with Crippen molar-refractivity contribution in [2.45, 2.75) is 75.7 Å². The van der Waals surface area contributed by atoms with Crippen LogP contribution in [0.4, 0.5) is 0 Å². The first kappa shape index (κ1) is 26.7. The number of ether oxygens (including phenoxy) is 2. The Kier molecular flexibility index (Phi) is 5.34. The Labute approximate surface area is 268 Å². The van der Waals surface area contributed by atoms with E-state index in [1.54, 1.807) is 0 Å². The van der Waals surface area contributed by atoms with Gasteiger partial charge in [-0.15, -0.1) is 0 Å². The van der Waals surface area contributed by atoms with Gasteiger partial charge in [-0.3, -0.25) is 28.5 Å². The minimum absolute atomic E-state index is 0.0227. The highest BCUT2D eigenvalue weighted by Crippen LogP contribution is 2.61. The normalized spacial score (nSPS) is 35.4. The lowest BCUT2D eigenvalue weighted by Crippen LogP contribution is -2.58. The second-order valence-corrected chi connectivity index (χ2v) is 15.2. The minimum Gasteiger partial charge on any atom is -0.377 e. The number of piperidine rings is 2. The van der Waals surface area contributed by atoms with Crippen LogP contribution >= 0.6 is 0 Å².